The molecule has 0 fully saturated rings. The maximum atomic E-state index is 12.8. The minimum Gasteiger partial charge on any atom is -0.322 e. The second-order valence-corrected chi connectivity index (χ2v) is 9.50. The molecule has 7 nitrogen and oxygen atoms in total. The zero-order chi connectivity index (χ0) is 23.3. The molecular weight excluding hydrogens is 436 g/mol. The summed E-state index contributed by atoms with van der Waals surface area (Å²) in [5.41, 5.74) is 4.14. The van der Waals surface area contributed by atoms with E-state index >= 15 is 0 Å². The third-order valence-electron chi connectivity index (χ3n) is 4.92. The molecule has 33 heavy (non-hydrogen) atoms. The molecule has 0 atom stereocenters. The number of rotatable bonds is 8. The molecule has 0 saturated carbocycles. The molecule has 168 valence electrons. The van der Waals surface area contributed by atoms with Crippen molar-refractivity contribution in [1.29, 1.82) is 0 Å². The van der Waals surface area contributed by atoms with Crippen molar-refractivity contribution < 1.29 is 13.2 Å². The standard InChI is InChI=1S/C25H24N4O3S/c1-33(31,32)29-23-13-19(12-21(15-23)25(30)28-22-7-3-2-4-8-22)17-26-16-18-9-10-20-6-5-11-27-24(20)14-18/h2-15,26,29H,16-17H2,1H3,(H,28,30). The predicted molar refractivity (Wildman–Crippen MR) is 132 cm³/mol. The number of benzene rings is 3. The summed E-state index contributed by atoms with van der Waals surface area (Å²) in [6.45, 7) is 1.05. The third-order valence-corrected chi connectivity index (χ3v) is 5.52. The number of carbonyl (C=O) groups excluding carboxylic acids is 1. The number of sulfonamides is 1. The van der Waals surface area contributed by atoms with E-state index < -0.39 is 10.0 Å². The zero-order valence-electron chi connectivity index (χ0n) is 18.1. The van der Waals surface area contributed by atoms with Gasteiger partial charge in [-0.3, -0.25) is 14.5 Å². The van der Waals surface area contributed by atoms with Gasteiger partial charge in [-0.25, -0.2) is 8.42 Å². The number of pyridine rings is 1. The summed E-state index contributed by atoms with van der Waals surface area (Å²) in [6.07, 6.45) is 2.84. The van der Waals surface area contributed by atoms with E-state index in [1.807, 2.05) is 48.5 Å². The number of nitrogens with zero attached hydrogens (tertiary/aromatic N) is 1. The van der Waals surface area contributed by atoms with Crippen molar-refractivity contribution in [1.82, 2.24) is 10.3 Å². The van der Waals surface area contributed by atoms with Crippen molar-refractivity contribution in [2.75, 3.05) is 16.3 Å². The number of fused-ring (bicyclic) bond motifs is 1. The Kier molecular flexibility index (Phi) is 6.67. The van der Waals surface area contributed by atoms with Crippen LogP contribution in [0.5, 0.6) is 0 Å². The molecule has 0 aliphatic rings. The summed E-state index contributed by atoms with van der Waals surface area (Å²) < 4.78 is 26.0. The smallest absolute Gasteiger partial charge is 0.255 e. The van der Waals surface area contributed by atoms with Gasteiger partial charge >= 0.3 is 0 Å². The van der Waals surface area contributed by atoms with Crippen molar-refractivity contribution in [2.45, 2.75) is 13.1 Å². The first-order valence-electron chi connectivity index (χ1n) is 10.4. The van der Waals surface area contributed by atoms with Gasteiger partial charge in [0.25, 0.3) is 5.91 Å². The van der Waals surface area contributed by atoms with Gasteiger partial charge in [-0.1, -0.05) is 36.4 Å². The van der Waals surface area contributed by atoms with Crippen LogP contribution in [-0.4, -0.2) is 25.6 Å². The van der Waals surface area contributed by atoms with Crippen molar-refractivity contribution in [3.8, 4) is 0 Å². The summed E-state index contributed by atoms with van der Waals surface area (Å²) in [6, 6.07) is 24.1. The predicted octanol–water partition coefficient (Wildman–Crippen LogP) is 4.15. The first-order valence-corrected chi connectivity index (χ1v) is 12.3. The van der Waals surface area contributed by atoms with Crippen LogP contribution in [-0.2, 0) is 23.1 Å². The molecule has 0 unspecified atom stereocenters. The Morgan fingerprint density at radius 1 is 0.848 bits per heavy atom. The molecule has 0 radical (unpaired) electrons. The highest BCUT2D eigenvalue weighted by atomic mass is 32.2. The topological polar surface area (TPSA) is 100 Å². The van der Waals surface area contributed by atoms with Crippen LogP contribution < -0.4 is 15.4 Å². The number of amides is 1. The lowest BCUT2D eigenvalue weighted by atomic mass is 10.1. The Labute approximate surface area is 192 Å². The molecule has 4 rings (SSSR count). The molecule has 1 heterocycles. The number of aromatic nitrogens is 1. The molecule has 0 spiro atoms. The second kappa shape index (κ2) is 9.81. The molecule has 0 aliphatic carbocycles. The number of hydrogen-bond donors (Lipinski definition) is 3. The minimum atomic E-state index is -3.49. The lowest BCUT2D eigenvalue weighted by Gasteiger charge is -2.12. The van der Waals surface area contributed by atoms with E-state index in [0.717, 1.165) is 28.3 Å². The number of hydrogen-bond acceptors (Lipinski definition) is 5. The average Bonchev–Trinajstić information content (AvgIpc) is 2.78. The Hall–Kier alpha value is -3.75. The van der Waals surface area contributed by atoms with Crippen LogP contribution in [0.25, 0.3) is 10.9 Å². The van der Waals surface area contributed by atoms with Gasteiger partial charge in [0.2, 0.25) is 10.0 Å². The lowest BCUT2D eigenvalue weighted by Crippen LogP contribution is -2.17. The van der Waals surface area contributed by atoms with Crippen molar-refractivity contribution in [3.63, 3.8) is 0 Å². The summed E-state index contributed by atoms with van der Waals surface area (Å²) >= 11 is 0. The van der Waals surface area contributed by atoms with E-state index in [9.17, 15) is 13.2 Å². The van der Waals surface area contributed by atoms with Gasteiger partial charge in [-0.05, 0) is 53.6 Å². The van der Waals surface area contributed by atoms with Crippen molar-refractivity contribution in [2.24, 2.45) is 0 Å². The molecule has 0 aliphatic heterocycles. The SMILES string of the molecule is CS(=O)(=O)Nc1cc(CNCc2ccc3cccnc3c2)cc(C(=O)Nc2ccccc2)c1. The van der Waals surface area contributed by atoms with Crippen LogP contribution in [0.2, 0.25) is 0 Å². The van der Waals surface area contributed by atoms with Gasteiger partial charge in [-0.2, -0.15) is 0 Å². The number of carbonyl (C=O) groups is 1. The van der Waals surface area contributed by atoms with Crippen LogP contribution in [0.3, 0.4) is 0 Å². The molecule has 4 aromatic rings. The molecule has 3 aromatic carbocycles. The third kappa shape index (κ3) is 6.38. The normalized spacial score (nSPS) is 11.3. The van der Waals surface area contributed by atoms with Gasteiger partial charge in [0.1, 0.15) is 0 Å². The summed E-state index contributed by atoms with van der Waals surface area (Å²) in [4.78, 5) is 17.2. The molecule has 0 bridgehead atoms. The van der Waals surface area contributed by atoms with E-state index in [1.54, 1.807) is 30.5 Å². The van der Waals surface area contributed by atoms with Gasteiger partial charge in [0, 0.05) is 41.6 Å². The quantitative estimate of drug-likeness (QED) is 0.367. The first-order chi connectivity index (χ1) is 15.9. The number of anilines is 2. The van der Waals surface area contributed by atoms with Gasteiger partial charge < -0.3 is 10.6 Å². The largest absolute Gasteiger partial charge is 0.322 e. The highest BCUT2D eigenvalue weighted by Gasteiger charge is 2.12. The molecular formula is C25H24N4O3S. The van der Waals surface area contributed by atoms with E-state index in [-0.39, 0.29) is 5.91 Å². The minimum absolute atomic E-state index is 0.319. The monoisotopic (exact) mass is 460 g/mol. The van der Waals surface area contributed by atoms with Gasteiger partial charge in [-0.15, -0.1) is 0 Å². The fraction of sp³-hybridized carbons (Fsp3) is 0.120. The Morgan fingerprint density at radius 2 is 1.64 bits per heavy atom. The summed E-state index contributed by atoms with van der Waals surface area (Å²) in [5, 5.41) is 7.26. The molecule has 8 heteroatoms. The maximum absolute atomic E-state index is 12.8. The molecule has 3 N–H and O–H groups in total. The van der Waals surface area contributed by atoms with E-state index in [1.165, 1.54) is 6.07 Å². The van der Waals surface area contributed by atoms with Crippen LogP contribution in [0.4, 0.5) is 11.4 Å². The van der Waals surface area contributed by atoms with E-state index in [0.29, 0.717) is 30.0 Å². The first kappa shape index (κ1) is 22.4. The molecule has 0 saturated heterocycles. The maximum Gasteiger partial charge on any atom is 0.255 e. The Balaban J connectivity index is 1.50. The van der Waals surface area contributed by atoms with Crippen LogP contribution in [0.15, 0.2) is 85.1 Å². The van der Waals surface area contributed by atoms with Gasteiger partial charge in [0.05, 0.1) is 11.8 Å². The lowest BCUT2D eigenvalue weighted by molar-refractivity contribution is 0.102. The van der Waals surface area contributed by atoms with Crippen LogP contribution in [0.1, 0.15) is 21.5 Å². The van der Waals surface area contributed by atoms with Crippen LogP contribution >= 0.6 is 0 Å². The zero-order valence-corrected chi connectivity index (χ0v) is 18.9. The summed E-state index contributed by atoms with van der Waals surface area (Å²) in [7, 11) is -3.49. The Bertz CT molecular complexity index is 1390. The fourth-order valence-corrected chi connectivity index (χ4v) is 4.04. The summed E-state index contributed by atoms with van der Waals surface area (Å²) in [5.74, 6) is -0.319. The Morgan fingerprint density at radius 3 is 2.42 bits per heavy atom. The van der Waals surface area contributed by atoms with Gasteiger partial charge in [0.15, 0.2) is 0 Å². The van der Waals surface area contributed by atoms with Crippen LogP contribution in [0, 0.1) is 0 Å². The average molecular weight is 461 g/mol. The second-order valence-electron chi connectivity index (χ2n) is 7.75. The number of nitrogens with one attached hydrogen (secondary N) is 3. The highest BCUT2D eigenvalue weighted by Crippen LogP contribution is 2.19. The number of para-hydroxylation sites is 1. The molecule has 1 aromatic heterocycles. The highest BCUT2D eigenvalue weighted by molar-refractivity contribution is 7.92. The fourth-order valence-electron chi connectivity index (χ4n) is 3.50. The van der Waals surface area contributed by atoms with Crippen molar-refractivity contribution in [3.05, 3.63) is 102 Å². The molecule has 1 amide bonds. The van der Waals surface area contributed by atoms with E-state index in [4.69, 9.17) is 0 Å². The van der Waals surface area contributed by atoms with Crippen molar-refractivity contribution >= 4 is 38.2 Å². The van der Waals surface area contributed by atoms with E-state index in [2.05, 4.69) is 20.3 Å².